The van der Waals surface area contributed by atoms with Crippen LogP contribution in [0.3, 0.4) is 0 Å². The molecule has 1 saturated heterocycles. The molecule has 0 aromatic heterocycles. The van der Waals surface area contributed by atoms with E-state index in [2.05, 4.69) is 11.4 Å². The highest BCUT2D eigenvalue weighted by Gasteiger charge is 2.25. The van der Waals surface area contributed by atoms with Crippen LogP contribution in [0.15, 0.2) is 47.4 Å². The van der Waals surface area contributed by atoms with Crippen LogP contribution in [0.1, 0.15) is 47.2 Å². The third-order valence-electron chi connectivity index (χ3n) is 5.15. The summed E-state index contributed by atoms with van der Waals surface area (Å²) in [6.45, 7) is 5.75. The number of amides is 1. The standard InChI is InChI=1S/C23H30N2O4S/c1-18-14-19(2)16-21(15-18)29-13-10-24-23(26)20-8-7-9-22(17-20)30(27,28)25-11-5-3-4-6-12-25/h7-9,14-17H,3-6,10-13H2,1-2H3,(H,24,26). The number of ether oxygens (including phenoxy) is 1. The third kappa shape index (κ3) is 5.83. The SMILES string of the molecule is Cc1cc(C)cc(OCCNC(=O)c2cccc(S(=O)(=O)N3CCCCCC3)c2)c1. The van der Waals surface area contributed by atoms with Crippen molar-refractivity contribution >= 4 is 15.9 Å². The first-order valence-electron chi connectivity index (χ1n) is 10.5. The Morgan fingerprint density at radius 1 is 1.00 bits per heavy atom. The number of rotatable bonds is 7. The molecule has 1 heterocycles. The normalized spacial score (nSPS) is 15.4. The summed E-state index contributed by atoms with van der Waals surface area (Å²) >= 11 is 0. The lowest BCUT2D eigenvalue weighted by atomic mass is 10.1. The summed E-state index contributed by atoms with van der Waals surface area (Å²) in [5.41, 5.74) is 2.57. The average molecular weight is 431 g/mol. The van der Waals surface area contributed by atoms with E-state index in [1.165, 1.54) is 10.4 Å². The largest absolute Gasteiger partial charge is 0.492 e. The number of hydrogen-bond acceptors (Lipinski definition) is 4. The number of carbonyl (C=O) groups excluding carboxylic acids is 1. The van der Waals surface area contributed by atoms with Crippen LogP contribution in [-0.2, 0) is 10.0 Å². The number of sulfonamides is 1. The van der Waals surface area contributed by atoms with Crippen LogP contribution < -0.4 is 10.1 Å². The zero-order chi connectivity index (χ0) is 21.6. The van der Waals surface area contributed by atoms with E-state index in [4.69, 9.17) is 4.74 Å². The van der Waals surface area contributed by atoms with Crippen molar-refractivity contribution in [2.24, 2.45) is 0 Å². The van der Waals surface area contributed by atoms with E-state index < -0.39 is 10.0 Å². The first kappa shape index (κ1) is 22.3. The quantitative estimate of drug-likeness (QED) is 0.680. The molecule has 1 N–H and O–H groups in total. The van der Waals surface area contributed by atoms with Crippen molar-refractivity contribution in [1.29, 1.82) is 0 Å². The molecule has 0 saturated carbocycles. The van der Waals surface area contributed by atoms with Crippen molar-refractivity contribution in [3.63, 3.8) is 0 Å². The van der Waals surface area contributed by atoms with Gasteiger partial charge in [-0.3, -0.25) is 4.79 Å². The van der Waals surface area contributed by atoms with Crippen LogP contribution in [0.25, 0.3) is 0 Å². The molecule has 0 unspecified atom stereocenters. The van der Waals surface area contributed by atoms with Gasteiger partial charge in [0.2, 0.25) is 10.0 Å². The Morgan fingerprint density at radius 3 is 2.33 bits per heavy atom. The van der Waals surface area contributed by atoms with Crippen molar-refractivity contribution in [2.45, 2.75) is 44.4 Å². The van der Waals surface area contributed by atoms with Gasteiger partial charge in [0, 0.05) is 18.7 Å². The maximum absolute atomic E-state index is 13.0. The Labute approximate surface area is 179 Å². The van der Waals surface area contributed by atoms with Gasteiger partial charge in [0.25, 0.3) is 5.91 Å². The predicted molar refractivity (Wildman–Crippen MR) is 117 cm³/mol. The fraction of sp³-hybridized carbons (Fsp3) is 0.435. The molecule has 1 fully saturated rings. The molecule has 2 aromatic carbocycles. The molecule has 0 spiro atoms. The minimum absolute atomic E-state index is 0.170. The highest BCUT2D eigenvalue weighted by Crippen LogP contribution is 2.21. The van der Waals surface area contributed by atoms with Crippen molar-refractivity contribution in [1.82, 2.24) is 9.62 Å². The van der Waals surface area contributed by atoms with E-state index in [1.807, 2.05) is 26.0 Å². The van der Waals surface area contributed by atoms with Gasteiger partial charge in [-0.15, -0.1) is 0 Å². The van der Waals surface area contributed by atoms with Gasteiger partial charge in [0.05, 0.1) is 11.4 Å². The van der Waals surface area contributed by atoms with E-state index >= 15 is 0 Å². The van der Waals surface area contributed by atoms with Gasteiger partial charge in [-0.25, -0.2) is 8.42 Å². The average Bonchev–Trinajstić information content (AvgIpc) is 3.00. The van der Waals surface area contributed by atoms with Gasteiger partial charge in [-0.1, -0.05) is 25.0 Å². The predicted octanol–water partition coefficient (Wildman–Crippen LogP) is 3.68. The first-order chi connectivity index (χ1) is 14.4. The van der Waals surface area contributed by atoms with Crippen molar-refractivity contribution in [3.8, 4) is 5.75 Å². The highest BCUT2D eigenvalue weighted by atomic mass is 32.2. The molecule has 6 nitrogen and oxygen atoms in total. The number of nitrogens with one attached hydrogen (secondary N) is 1. The third-order valence-corrected chi connectivity index (χ3v) is 7.05. The molecule has 0 atom stereocenters. The van der Waals surface area contributed by atoms with Gasteiger partial charge in [0.1, 0.15) is 12.4 Å². The van der Waals surface area contributed by atoms with Crippen molar-refractivity contribution < 1.29 is 17.9 Å². The second-order valence-corrected chi connectivity index (χ2v) is 9.71. The molecule has 1 amide bonds. The lowest BCUT2D eigenvalue weighted by molar-refractivity contribution is 0.0946. The van der Waals surface area contributed by atoms with Crippen LogP contribution in [0, 0.1) is 13.8 Å². The summed E-state index contributed by atoms with van der Waals surface area (Å²) in [7, 11) is -3.58. The molecule has 1 aliphatic heterocycles. The second kappa shape index (κ2) is 10.1. The molecule has 2 aromatic rings. The Bertz CT molecular complexity index is 960. The van der Waals surface area contributed by atoms with Crippen LogP contribution in [0.2, 0.25) is 0 Å². The maximum atomic E-state index is 13.0. The van der Waals surface area contributed by atoms with E-state index in [9.17, 15) is 13.2 Å². The molecule has 0 bridgehead atoms. The Kier molecular flexibility index (Phi) is 7.50. The lowest BCUT2D eigenvalue weighted by Gasteiger charge is -2.20. The Morgan fingerprint density at radius 2 is 1.67 bits per heavy atom. The van der Waals surface area contributed by atoms with E-state index in [1.54, 1.807) is 18.2 Å². The van der Waals surface area contributed by atoms with Gasteiger partial charge in [-0.2, -0.15) is 4.31 Å². The minimum Gasteiger partial charge on any atom is -0.492 e. The van der Waals surface area contributed by atoms with Crippen molar-refractivity contribution in [3.05, 3.63) is 59.2 Å². The van der Waals surface area contributed by atoms with Crippen LogP contribution in [0.4, 0.5) is 0 Å². The fourth-order valence-corrected chi connectivity index (χ4v) is 5.24. The number of hydrogen-bond donors (Lipinski definition) is 1. The summed E-state index contributed by atoms with van der Waals surface area (Å²) in [6, 6.07) is 12.2. The number of benzene rings is 2. The van der Waals surface area contributed by atoms with Crippen LogP contribution in [-0.4, -0.2) is 44.9 Å². The smallest absolute Gasteiger partial charge is 0.251 e. The molecule has 0 radical (unpaired) electrons. The summed E-state index contributed by atoms with van der Waals surface area (Å²) < 4.78 is 33.2. The van der Waals surface area contributed by atoms with Gasteiger partial charge in [-0.05, 0) is 68.1 Å². The first-order valence-corrected chi connectivity index (χ1v) is 11.9. The maximum Gasteiger partial charge on any atom is 0.251 e. The summed E-state index contributed by atoms with van der Waals surface area (Å²) in [4.78, 5) is 12.7. The van der Waals surface area contributed by atoms with Gasteiger partial charge in [0.15, 0.2) is 0 Å². The number of carbonyl (C=O) groups is 1. The zero-order valence-electron chi connectivity index (χ0n) is 17.7. The molecule has 30 heavy (non-hydrogen) atoms. The number of nitrogens with zero attached hydrogens (tertiary/aromatic N) is 1. The molecular weight excluding hydrogens is 400 g/mol. The molecular formula is C23H30N2O4S. The topological polar surface area (TPSA) is 75.7 Å². The lowest BCUT2D eigenvalue weighted by Crippen LogP contribution is -2.32. The zero-order valence-corrected chi connectivity index (χ0v) is 18.5. The Hall–Kier alpha value is -2.38. The molecule has 7 heteroatoms. The molecule has 3 rings (SSSR count). The summed E-state index contributed by atoms with van der Waals surface area (Å²) in [5.74, 6) is 0.458. The Balaban J connectivity index is 1.58. The van der Waals surface area contributed by atoms with E-state index in [0.717, 1.165) is 42.6 Å². The van der Waals surface area contributed by atoms with Crippen LogP contribution >= 0.6 is 0 Å². The monoisotopic (exact) mass is 430 g/mol. The fourth-order valence-electron chi connectivity index (χ4n) is 3.68. The molecule has 162 valence electrons. The molecule has 0 aliphatic carbocycles. The number of aryl methyl sites for hydroxylation is 2. The van der Waals surface area contributed by atoms with E-state index in [0.29, 0.717) is 31.8 Å². The minimum atomic E-state index is -3.58. The second-order valence-electron chi connectivity index (χ2n) is 7.77. The van der Waals surface area contributed by atoms with Crippen LogP contribution in [0.5, 0.6) is 5.75 Å². The van der Waals surface area contributed by atoms with Gasteiger partial charge >= 0.3 is 0 Å². The van der Waals surface area contributed by atoms with Crippen molar-refractivity contribution in [2.75, 3.05) is 26.2 Å². The summed E-state index contributed by atoms with van der Waals surface area (Å²) in [5, 5.41) is 2.79. The highest BCUT2D eigenvalue weighted by molar-refractivity contribution is 7.89. The molecule has 1 aliphatic rings. The van der Waals surface area contributed by atoms with E-state index in [-0.39, 0.29) is 10.8 Å². The summed E-state index contributed by atoms with van der Waals surface area (Å²) in [6.07, 6.45) is 3.86. The van der Waals surface area contributed by atoms with Gasteiger partial charge < -0.3 is 10.1 Å².